The van der Waals surface area contributed by atoms with E-state index >= 15 is 0 Å². The Labute approximate surface area is 127 Å². The average molecular weight is 326 g/mol. The van der Waals surface area contributed by atoms with Crippen LogP contribution in [0.25, 0.3) is 0 Å². The van der Waals surface area contributed by atoms with Crippen LogP contribution in [0.15, 0.2) is 0 Å². The van der Waals surface area contributed by atoms with E-state index in [0.29, 0.717) is 0 Å². The number of carboxylic acid groups (broad SMARTS) is 2. The van der Waals surface area contributed by atoms with Gasteiger partial charge in [-0.15, -0.1) is 0 Å². The molecular formula is C12H24N2O4Zn. The molecule has 0 fully saturated rings. The molecule has 0 aliphatic carbocycles. The van der Waals surface area contributed by atoms with Crippen LogP contribution in [0.2, 0.25) is 0 Å². The first kappa shape index (κ1) is 23.6. The van der Waals surface area contributed by atoms with Crippen molar-refractivity contribution in [3.63, 3.8) is 0 Å². The Balaban J connectivity index is -0.000000256. The van der Waals surface area contributed by atoms with Gasteiger partial charge in [0.15, 0.2) is 0 Å². The monoisotopic (exact) mass is 324 g/mol. The van der Waals surface area contributed by atoms with Gasteiger partial charge in [-0.25, -0.2) is 0 Å². The maximum absolute atomic E-state index is 10.1. The number of aliphatic carboxylic acids is 2. The molecule has 0 bridgehead atoms. The minimum absolute atomic E-state index is 0. The molecule has 4 unspecified atom stereocenters. The van der Waals surface area contributed by atoms with E-state index in [2.05, 4.69) is 0 Å². The smallest absolute Gasteiger partial charge is 0.548 e. The molecule has 0 aromatic rings. The van der Waals surface area contributed by atoms with Crippen molar-refractivity contribution in [1.29, 1.82) is 0 Å². The van der Waals surface area contributed by atoms with Gasteiger partial charge in [0, 0.05) is 12.1 Å². The van der Waals surface area contributed by atoms with Crippen molar-refractivity contribution in [2.75, 3.05) is 0 Å². The molecule has 6 nitrogen and oxygen atoms in total. The molecule has 0 saturated carbocycles. The maximum atomic E-state index is 10.1. The fourth-order valence-electron chi connectivity index (χ4n) is 0.972. The second kappa shape index (κ2) is 12.5. The Bertz CT molecular complexity index is 238. The third-order valence-corrected chi connectivity index (χ3v) is 3.06. The number of carbonyl (C=O) groups excluding carboxylic acids is 2. The van der Waals surface area contributed by atoms with Crippen molar-refractivity contribution in [3.8, 4) is 0 Å². The fourth-order valence-corrected chi connectivity index (χ4v) is 0.972. The molecule has 0 spiro atoms. The van der Waals surface area contributed by atoms with Crippen molar-refractivity contribution in [1.82, 2.24) is 0 Å². The predicted octanol–water partition coefficient (Wildman–Crippen LogP) is -1.78. The fraction of sp³-hybridized carbons (Fsp3) is 0.833. The SMILES string of the molecule is CCC(C)C(N)C(=O)[O-].CCC(C)C(N)C(=O)[O-].[Zn+2]. The Morgan fingerprint density at radius 2 is 1.11 bits per heavy atom. The number of hydrogen-bond donors (Lipinski definition) is 2. The Morgan fingerprint density at radius 3 is 1.16 bits per heavy atom. The summed E-state index contributed by atoms with van der Waals surface area (Å²) in [6.07, 6.45) is 1.55. The first-order valence-corrected chi connectivity index (χ1v) is 6.11. The average Bonchev–Trinajstić information content (AvgIpc) is 2.35. The van der Waals surface area contributed by atoms with E-state index in [9.17, 15) is 19.8 Å². The summed E-state index contributed by atoms with van der Waals surface area (Å²) in [6, 6.07) is -1.62. The zero-order chi connectivity index (χ0) is 14.9. The normalized spacial score (nSPS) is 15.9. The molecule has 19 heavy (non-hydrogen) atoms. The number of nitrogens with two attached hydrogens (primary N) is 2. The van der Waals surface area contributed by atoms with Gasteiger partial charge in [0.1, 0.15) is 0 Å². The van der Waals surface area contributed by atoms with E-state index in [1.807, 2.05) is 13.8 Å². The van der Waals surface area contributed by atoms with Gasteiger partial charge in [-0.3, -0.25) is 0 Å². The number of rotatable bonds is 6. The van der Waals surface area contributed by atoms with E-state index in [1.54, 1.807) is 13.8 Å². The zero-order valence-electron chi connectivity index (χ0n) is 12.2. The van der Waals surface area contributed by atoms with Gasteiger partial charge in [-0.2, -0.15) is 0 Å². The summed E-state index contributed by atoms with van der Waals surface area (Å²) < 4.78 is 0. The number of hydrogen-bond acceptors (Lipinski definition) is 6. The number of carboxylic acids is 2. The van der Waals surface area contributed by atoms with Crippen molar-refractivity contribution < 1.29 is 39.3 Å². The Morgan fingerprint density at radius 1 is 0.895 bits per heavy atom. The third kappa shape index (κ3) is 11.0. The molecule has 7 heteroatoms. The van der Waals surface area contributed by atoms with Crippen molar-refractivity contribution >= 4 is 11.9 Å². The first-order chi connectivity index (χ1) is 8.18. The van der Waals surface area contributed by atoms with Crippen LogP contribution < -0.4 is 21.7 Å². The van der Waals surface area contributed by atoms with Crippen LogP contribution in [0, 0.1) is 11.8 Å². The molecule has 0 aromatic carbocycles. The van der Waals surface area contributed by atoms with Gasteiger partial charge in [0.05, 0.1) is 11.9 Å². The quantitative estimate of drug-likeness (QED) is 0.555. The molecule has 0 aliphatic heterocycles. The van der Waals surface area contributed by atoms with E-state index in [4.69, 9.17) is 11.5 Å². The molecule has 0 saturated heterocycles. The largest absolute Gasteiger partial charge is 2.00 e. The summed E-state index contributed by atoms with van der Waals surface area (Å²) >= 11 is 0. The van der Waals surface area contributed by atoms with Crippen molar-refractivity contribution in [2.24, 2.45) is 23.3 Å². The van der Waals surface area contributed by atoms with Crippen molar-refractivity contribution in [3.05, 3.63) is 0 Å². The van der Waals surface area contributed by atoms with Crippen LogP contribution >= 0.6 is 0 Å². The second-order valence-electron chi connectivity index (χ2n) is 4.46. The number of carbonyl (C=O) groups is 2. The summed E-state index contributed by atoms with van der Waals surface area (Å²) in [6.45, 7) is 7.38. The van der Waals surface area contributed by atoms with E-state index in [-0.39, 0.29) is 31.3 Å². The summed E-state index contributed by atoms with van der Waals surface area (Å²) in [4.78, 5) is 20.1. The molecule has 0 aliphatic rings. The third-order valence-electron chi connectivity index (χ3n) is 3.06. The van der Waals surface area contributed by atoms with Crippen LogP contribution in [0.3, 0.4) is 0 Å². The standard InChI is InChI=1S/2C6H13NO2.Zn/c2*1-3-4(2)5(7)6(8)9;/h2*4-5H,3,7H2,1-2H3,(H,8,9);/q;;+2/p-2. The van der Waals surface area contributed by atoms with Crippen LogP contribution in [0.4, 0.5) is 0 Å². The summed E-state index contributed by atoms with van der Waals surface area (Å²) in [5, 5.41) is 20.1. The maximum Gasteiger partial charge on any atom is 2.00 e. The Hall–Kier alpha value is -0.517. The van der Waals surface area contributed by atoms with E-state index in [0.717, 1.165) is 12.8 Å². The summed E-state index contributed by atoms with van der Waals surface area (Å²) in [5.74, 6) is -2.31. The minimum Gasteiger partial charge on any atom is -0.548 e. The molecule has 4 atom stereocenters. The predicted molar refractivity (Wildman–Crippen MR) is 64.9 cm³/mol. The van der Waals surface area contributed by atoms with Crippen molar-refractivity contribution in [2.45, 2.75) is 52.6 Å². The second-order valence-corrected chi connectivity index (χ2v) is 4.46. The van der Waals surface area contributed by atoms with Gasteiger partial charge < -0.3 is 31.3 Å². The zero-order valence-corrected chi connectivity index (χ0v) is 15.2. The van der Waals surface area contributed by atoms with Gasteiger partial charge in [0.2, 0.25) is 0 Å². The van der Waals surface area contributed by atoms with E-state index in [1.165, 1.54) is 0 Å². The molecule has 108 valence electrons. The molecule has 0 amide bonds. The molecular weight excluding hydrogens is 302 g/mol. The molecule has 0 rings (SSSR count). The first-order valence-electron chi connectivity index (χ1n) is 6.11. The van der Waals surface area contributed by atoms with Gasteiger partial charge in [-0.1, -0.05) is 40.5 Å². The van der Waals surface area contributed by atoms with Gasteiger partial charge >= 0.3 is 19.5 Å². The molecule has 4 N–H and O–H groups in total. The van der Waals surface area contributed by atoms with Crippen LogP contribution in [-0.4, -0.2) is 24.0 Å². The van der Waals surface area contributed by atoms with Crippen LogP contribution in [0.5, 0.6) is 0 Å². The minimum atomic E-state index is -1.16. The van der Waals surface area contributed by atoms with Crippen LogP contribution in [0.1, 0.15) is 40.5 Å². The topological polar surface area (TPSA) is 132 Å². The van der Waals surface area contributed by atoms with Gasteiger partial charge in [0.25, 0.3) is 0 Å². The summed E-state index contributed by atoms with van der Waals surface area (Å²) in [7, 11) is 0. The molecule has 0 radical (unpaired) electrons. The van der Waals surface area contributed by atoms with E-state index < -0.39 is 24.0 Å². The summed E-state index contributed by atoms with van der Waals surface area (Å²) in [5.41, 5.74) is 10.4. The molecule has 0 heterocycles. The Kier molecular flexibility index (Phi) is 15.5. The van der Waals surface area contributed by atoms with Gasteiger partial charge in [-0.05, 0) is 11.8 Å². The van der Waals surface area contributed by atoms with Crippen LogP contribution in [-0.2, 0) is 29.1 Å². The molecule has 0 aromatic heterocycles.